The molecule has 0 heterocycles. The Bertz CT molecular complexity index is 1780. The van der Waals surface area contributed by atoms with E-state index in [0.29, 0.717) is 10.6 Å². The van der Waals surface area contributed by atoms with Gasteiger partial charge in [0.1, 0.15) is 5.70 Å². The molecule has 4 aromatic rings. The van der Waals surface area contributed by atoms with Gasteiger partial charge in [0.25, 0.3) is 17.5 Å². The average molecular weight is 631 g/mol. The first-order valence-corrected chi connectivity index (χ1v) is 14.2. The number of benzene rings is 4. The van der Waals surface area contributed by atoms with Gasteiger partial charge < -0.3 is 21.1 Å². The molecule has 3 amide bonds. The van der Waals surface area contributed by atoms with Gasteiger partial charge in [-0.3, -0.25) is 24.5 Å². The number of carbonyl (C=O) groups excluding carboxylic acids is 3. The molecule has 0 radical (unpaired) electrons. The molecule has 222 valence electrons. The van der Waals surface area contributed by atoms with Crippen molar-refractivity contribution in [3.05, 3.63) is 135 Å². The van der Waals surface area contributed by atoms with Crippen molar-refractivity contribution in [1.82, 2.24) is 5.32 Å². The minimum absolute atomic E-state index is 0.0314. The molecule has 13 heteroatoms. The standard InChI is InChI=1S/C31H23ClN4O7S/c32-24-14-13-21(31(40)41)16-25(24)34-28(37)18-44-23-11-6-10-22(17-23)33-30(39)26(35-29(38)19-7-2-1-3-8-19)15-20-9-4-5-12-27(20)36(42)43/h1-17H,18H2,(H,33,39)(H,34,37)(H,35,38)(H,40,41)/b26-15+. The lowest BCUT2D eigenvalue weighted by molar-refractivity contribution is -0.385. The Kier molecular flexibility index (Phi) is 10.5. The molecule has 0 atom stereocenters. The van der Waals surface area contributed by atoms with Gasteiger partial charge in [-0.15, -0.1) is 11.8 Å². The van der Waals surface area contributed by atoms with E-state index in [4.69, 9.17) is 11.6 Å². The van der Waals surface area contributed by atoms with Crippen LogP contribution in [0.2, 0.25) is 5.02 Å². The van der Waals surface area contributed by atoms with Crippen LogP contribution in [0.4, 0.5) is 17.1 Å². The van der Waals surface area contributed by atoms with Crippen LogP contribution in [0.5, 0.6) is 0 Å². The van der Waals surface area contributed by atoms with Crippen LogP contribution in [-0.2, 0) is 9.59 Å². The van der Waals surface area contributed by atoms with Crippen LogP contribution < -0.4 is 16.0 Å². The van der Waals surface area contributed by atoms with Crippen LogP contribution in [-0.4, -0.2) is 39.5 Å². The maximum atomic E-state index is 13.4. The molecule has 0 aromatic heterocycles. The summed E-state index contributed by atoms with van der Waals surface area (Å²) in [5.41, 5.74) is 0.372. The lowest BCUT2D eigenvalue weighted by atomic mass is 10.1. The van der Waals surface area contributed by atoms with Crippen LogP contribution in [0.15, 0.2) is 108 Å². The summed E-state index contributed by atoms with van der Waals surface area (Å²) >= 11 is 7.23. The van der Waals surface area contributed by atoms with Crippen LogP contribution in [0.1, 0.15) is 26.3 Å². The number of para-hydroxylation sites is 1. The highest BCUT2D eigenvalue weighted by atomic mass is 35.5. The number of carbonyl (C=O) groups is 4. The predicted octanol–water partition coefficient (Wildman–Crippen LogP) is 6.09. The van der Waals surface area contributed by atoms with Crippen LogP contribution in [0.25, 0.3) is 6.08 Å². The SMILES string of the molecule is O=C(CSc1cccc(NC(=O)/C(=C\c2ccccc2[N+](=O)[O-])NC(=O)c2ccccc2)c1)Nc1cc(C(=O)O)ccc1Cl. The fourth-order valence-corrected chi connectivity index (χ4v) is 4.74. The number of halogens is 1. The molecule has 0 spiro atoms. The van der Waals surface area contributed by atoms with Gasteiger partial charge in [0.2, 0.25) is 5.91 Å². The van der Waals surface area contributed by atoms with Crippen molar-refractivity contribution < 1.29 is 29.2 Å². The maximum Gasteiger partial charge on any atom is 0.335 e. The Hall–Kier alpha value is -5.46. The number of carboxylic acid groups (broad SMARTS) is 1. The number of hydrogen-bond acceptors (Lipinski definition) is 7. The van der Waals surface area contributed by atoms with Gasteiger partial charge in [0.15, 0.2) is 0 Å². The quantitative estimate of drug-likeness (QED) is 0.0668. The minimum Gasteiger partial charge on any atom is -0.478 e. The van der Waals surface area contributed by atoms with Crippen LogP contribution in [0, 0.1) is 10.1 Å². The molecule has 0 aliphatic heterocycles. The van der Waals surface area contributed by atoms with Crippen molar-refractivity contribution in [1.29, 1.82) is 0 Å². The number of aromatic carboxylic acids is 1. The molecule has 4 aromatic carbocycles. The van der Waals surface area contributed by atoms with Crippen molar-refractivity contribution in [2.45, 2.75) is 4.90 Å². The average Bonchev–Trinajstić information content (AvgIpc) is 3.01. The number of carboxylic acids is 1. The van der Waals surface area contributed by atoms with E-state index in [1.54, 1.807) is 60.7 Å². The van der Waals surface area contributed by atoms with E-state index in [1.807, 2.05) is 0 Å². The van der Waals surface area contributed by atoms with Gasteiger partial charge in [-0.2, -0.15) is 0 Å². The Morgan fingerprint density at radius 2 is 1.59 bits per heavy atom. The number of anilines is 2. The minimum atomic E-state index is -1.16. The molecule has 4 rings (SSSR count). The first kappa shape index (κ1) is 31.5. The van der Waals surface area contributed by atoms with Gasteiger partial charge in [-0.05, 0) is 60.7 Å². The van der Waals surface area contributed by atoms with E-state index in [1.165, 1.54) is 42.5 Å². The number of thioether (sulfide) groups is 1. The zero-order valence-electron chi connectivity index (χ0n) is 22.7. The third-order valence-corrected chi connectivity index (χ3v) is 7.23. The van der Waals surface area contributed by atoms with Crippen molar-refractivity contribution in [2.75, 3.05) is 16.4 Å². The largest absolute Gasteiger partial charge is 0.478 e. The maximum absolute atomic E-state index is 13.4. The normalized spacial score (nSPS) is 10.9. The second-order valence-corrected chi connectivity index (χ2v) is 10.5. The molecule has 0 aliphatic carbocycles. The lowest BCUT2D eigenvalue weighted by Gasteiger charge is -2.12. The monoisotopic (exact) mass is 630 g/mol. The summed E-state index contributed by atoms with van der Waals surface area (Å²) in [5.74, 6) is -2.98. The number of rotatable bonds is 11. The van der Waals surface area contributed by atoms with Crippen molar-refractivity contribution in [3.63, 3.8) is 0 Å². The van der Waals surface area contributed by atoms with Gasteiger partial charge in [0.05, 0.1) is 32.5 Å². The third-order valence-electron chi connectivity index (χ3n) is 5.91. The molecule has 44 heavy (non-hydrogen) atoms. The summed E-state index contributed by atoms with van der Waals surface area (Å²) < 4.78 is 0. The lowest BCUT2D eigenvalue weighted by Crippen LogP contribution is -2.30. The molecule has 11 nitrogen and oxygen atoms in total. The van der Waals surface area contributed by atoms with Crippen molar-refractivity contribution >= 4 is 70.2 Å². The molecule has 0 aliphatic rings. The zero-order valence-corrected chi connectivity index (χ0v) is 24.2. The summed E-state index contributed by atoms with van der Waals surface area (Å²) in [6, 6.07) is 24.5. The summed E-state index contributed by atoms with van der Waals surface area (Å²) in [4.78, 5) is 61.6. The highest BCUT2D eigenvalue weighted by Crippen LogP contribution is 2.26. The first-order chi connectivity index (χ1) is 21.1. The molecular formula is C31H23ClN4O7S. The van der Waals surface area contributed by atoms with E-state index in [9.17, 15) is 34.4 Å². The Morgan fingerprint density at radius 3 is 2.32 bits per heavy atom. The van der Waals surface area contributed by atoms with E-state index < -0.39 is 28.6 Å². The Morgan fingerprint density at radius 1 is 0.864 bits per heavy atom. The van der Waals surface area contributed by atoms with Crippen molar-refractivity contribution in [3.8, 4) is 0 Å². The second kappa shape index (κ2) is 14.6. The van der Waals surface area contributed by atoms with Gasteiger partial charge >= 0.3 is 5.97 Å². The highest BCUT2D eigenvalue weighted by molar-refractivity contribution is 8.00. The second-order valence-electron chi connectivity index (χ2n) is 9.01. The summed E-state index contributed by atoms with van der Waals surface area (Å²) in [5, 5.41) is 28.7. The fraction of sp³-hybridized carbons (Fsp3) is 0.0323. The van der Waals surface area contributed by atoms with Crippen LogP contribution >= 0.6 is 23.4 Å². The summed E-state index contributed by atoms with van der Waals surface area (Å²) in [6.07, 6.45) is 1.22. The van der Waals surface area contributed by atoms with Crippen LogP contribution in [0.3, 0.4) is 0 Å². The number of nitro groups is 1. The number of hydrogen-bond donors (Lipinski definition) is 4. The third kappa shape index (κ3) is 8.53. The number of nitro benzene ring substituents is 1. The van der Waals surface area contributed by atoms with E-state index in [2.05, 4.69) is 16.0 Å². The van der Waals surface area contributed by atoms with Gasteiger partial charge in [-0.25, -0.2) is 4.79 Å². The molecule has 4 N–H and O–H groups in total. The van der Waals surface area contributed by atoms with Gasteiger partial charge in [-0.1, -0.05) is 48.0 Å². The molecule has 0 saturated heterocycles. The summed E-state index contributed by atoms with van der Waals surface area (Å²) in [7, 11) is 0. The Balaban J connectivity index is 1.49. The van der Waals surface area contributed by atoms with E-state index in [0.717, 1.165) is 11.8 Å². The topological polar surface area (TPSA) is 168 Å². The number of nitrogens with one attached hydrogen (secondary N) is 3. The summed E-state index contributed by atoms with van der Waals surface area (Å²) in [6.45, 7) is 0. The highest BCUT2D eigenvalue weighted by Gasteiger charge is 2.19. The number of nitrogens with zero attached hydrogens (tertiary/aromatic N) is 1. The molecule has 0 saturated carbocycles. The Labute approximate surface area is 260 Å². The number of amides is 3. The first-order valence-electron chi connectivity index (χ1n) is 12.8. The smallest absolute Gasteiger partial charge is 0.335 e. The molecule has 0 fully saturated rings. The van der Waals surface area contributed by atoms with Crippen molar-refractivity contribution in [2.24, 2.45) is 0 Å². The van der Waals surface area contributed by atoms with E-state index in [-0.39, 0.29) is 44.5 Å². The zero-order chi connectivity index (χ0) is 31.6. The van der Waals surface area contributed by atoms with E-state index >= 15 is 0 Å². The predicted molar refractivity (Wildman–Crippen MR) is 168 cm³/mol. The molecule has 0 bridgehead atoms. The van der Waals surface area contributed by atoms with Gasteiger partial charge in [0, 0.05) is 22.2 Å². The fourth-order valence-electron chi connectivity index (χ4n) is 3.83. The molecule has 0 unspecified atom stereocenters. The molecular weight excluding hydrogens is 608 g/mol.